The van der Waals surface area contributed by atoms with Crippen molar-refractivity contribution < 1.29 is 4.79 Å². The fourth-order valence-corrected chi connectivity index (χ4v) is 0.794. The fraction of sp³-hybridized carbons (Fsp3) is 0.750. The SMILES string of the molecule is CC(C)NC(N)=NCCCC(N)=O. The molecule has 0 saturated carbocycles. The van der Waals surface area contributed by atoms with Gasteiger partial charge in [-0.15, -0.1) is 0 Å². The molecule has 0 aromatic heterocycles. The van der Waals surface area contributed by atoms with Gasteiger partial charge in [-0.25, -0.2) is 0 Å². The minimum atomic E-state index is -0.300. The Morgan fingerprint density at radius 2 is 2.08 bits per heavy atom. The summed E-state index contributed by atoms with van der Waals surface area (Å²) in [4.78, 5) is 14.4. The minimum Gasteiger partial charge on any atom is -0.370 e. The zero-order chi connectivity index (χ0) is 10.3. The van der Waals surface area contributed by atoms with Crippen LogP contribution in [0.4, 0.5) is 0 Å². The Bertz CT molecular complexity index is 189. The van der Waals surface area contributed by atoms with Crippen molar-refractivity contribution in [3.8, 4) is 0 Å². The van der Waals surface area contributed by atoms with E-state index in [-0.39, 0.29) is 11.9 Å². The van der Waals surface area contributed by atoms with E-state index in [4.69, 9.17) is 11.5 Å². The number of rotatable bonds is 5. The van der Waals surface area contributed by atoms with Gasteiger partial charge in [0.25, 0.3) is 0 Å². The molecule has 1 amide bonds. The number of carbonyl (C=O) groups is 1. The summed E-state index contributed by atoms with van der Waals surface area (Å²) in [5.74, 6) is 0.116. The summed E-state index contributed by atoms with van der Waals surface area (Å²) in [5, 5.41) is 2.94. The highest BCUT2D eigenvalue weighted by atomic mass is 16.1. The number of hydrogen-bond acceptors (Lipinski definition) is 2. The van der Waals surface area contributed by atoms with Crippen molar-refractivity contribution in [2.75, 3.05) is 6.54 Å². The number of primary amides is 1. The normalized spacial score (nSPS) is 11.8. The van der Waals surface area contributed by atoms with E-state index in [1.807, 2.05) is 13.8 Å². The highest BCUT2D eigenvalue weighted by Crippen LogP contribution is 1.87. The Hall–Kier alpha value is -1.26. The van der Waals surface area contributed by atoms with E-state index in [1.54, 1.807) is 0 Å². The highest BCUT2D eigenvalue weighted by molar-refractivity contribution is 5.78. The van der Waals surface area contributed by atoms with Crippen molar-refractivity contribution in [2.45, 2.75) is 32.7 Å². The van der Waals surface area contributed by atoms with Crippen LogP contribution < -0.4 is 16.8 Å². The molecule has 0 unspecified atom stereocenters. The standard InChI is InChI=1S/C8H18N4O/c1-6(2)12-8(10)11-5-3-4-7(9)13/h6H,3-5H2,1-2H3,(H2,9,13)(H3,10,11,12). The number of aliphatic imine (C=N–C) groups is 1. The Kier molecular flexibility index (Phi) is 5.67. The minimum absolute atomic E-state index is 0.278. The highest BCUT2D eigenvalue weighted by Gasteiger charge is 1.95. The molecule has 0 aliphatic rings. The summed E-state index contributed by atoms with van der Waals surface area (Å²) >= 11 is 0. The Balaban J connectivity index is 3.53. The first kappa shape index (κ1) is 11.7. The van der Waals surface area contributed by atoms with Gasteiger partial charge in [-0.3, -0.25) is 9.79 Å². The van der Waals surface area contributed by atoms with Gasteiger partial charge in [0, 0.05) is 19.0 Å². The predicted molar refractivity (Wildman–Crippen MR) is 53.2 cm³/mol. The molecule has 0 aliphatic heterocycles. The first-order valence-electron chi connectivity index (χ1n) is 4.37. The molecule has 0 saturated heterocycles. The number of nitrogens with zero attached hydrogens (tertiary/aromatic N) is 1. The van der Waals surface area contributed by atoms with Crippen LogP contribution in [0.1, 0.15) is 26.7 Å². The van der Waals surface area contributed by atoms with E-state index < -0.39 is 0 Å². The van der Waals surface area contributed by atoms with Crippen LogP contribution in [0, 0.1) is 0 Å². The summed E-state index contributed by atoms with van der Waals surface area (Å²) in [5.41, 5.74) is 10.5. The molecule has 0 fully saturated rings. The second-order valence-electron chi connectivity index (χ2n) is 3.14. The lowest BCUT2D eigenvalue weighted by Crippen LogP contribution is -2.36. The summed E-state index contributed by atoms with van der Waals surface area (Å²) in [6.07, 6.45) is 1.01. The van der Waals surface area contributed by atoms with Gasteiger partial charge in [-0.2, -0.15) is 0 Å². The zero-order valence-corrected chi connectivity index (χ0v) is 8.21. The maximum absolute atomic E-state index is 10.3. The largest absolute Gasteiger partial charge is 0.370 e. The maximum Gasteiger partial charge on any atom is 0.217 e. The van der Waals surface area contributed by atoms with E-state index in [0.717, 1.165) is 0 Å². The van der Waals surface area contributed by atoms with Crippen molar-refractivity contribution in [3.05, 3.63) is 0 Å². The fourth-order valence-electron chi connectivity index (χ4n) is 0.794. The van der Waals surface area contributed by atoms with Crippen LogP contribution in [-0.4, -0.2) is 24.5 Å². The monoisotopic (exact) mass is 186 g/mol. The summed E-state index contributed by atoms with van der Waals surface area (Å²) < 4.78 is 0. The van der Waals surface area contributed by atoms with Gasteiger partial charge in [0.15, 0.2) is 5.96 Å². The third-order valence-electron chi connectivity index (χ3n) is 1.30. The molecule has 0 radical (unpaired) electrons. The van der Waals surface area contributed by atoms with Gasteiger partial charge < -0.3 is 16.8 Å². The third kappa shape index (κ3) is 8.65. The molecular weight excluding hydrogens is 168 g/mol. The number of nitrogens with one attached hydrogen (secondary N) is 1. The Morgan fingerprint density at radius 3 is 2.54 bits per heavy atom. The first-order chi connectivity index (χ1) is 6.02. The molecule has 0 aliphatic carbocycles. The number of amides is 1. The van der Waals surface area contributed by atoms with Crippen LogP contribution in [0.2, 0.25) is 0 Å². The van der Waals surface area contributed by atoms with E-state index in [2.05, 4.69) is 10.3 Å². The number of nitrogens with two attached hydrogens (primary N) is 2. The van der Waals surface area contributed by atoms with Crippen molar-refractivity contribution in [1.29, 1.82) is 0 Å². The van der Waals surface area contributed by atoms with Crippen LogP contribution in [0.15, 0.2) is 4.99 Å². The molecule has 0 spiro atoms. The Morgan fingerprint density at radius 1 is 1.46 bits per heavy atom. The van der Waals surface area contributed by atoms with Gasteiger partial charge in [-0.1, -0.05) is 0 Å². The van der Waals surface area contributed by atoms with E-state index in [9.17, 15) is 4.79 Å². The van der Waals surface area contributed by atoms with Crippen molar-refractivity contribution in [2.24, 2.45) is 16.5 Å². The van der Waals surface area contributed by atoms with Crippen molar-refractivity contribution in [3.63, 3.8) is 0 Å². The van der Waals surface area contributed by atoms with Gasteiger partial charge in [0.2, 0.25) is 5.91 Å². The maximum atomic E-state index is 10.3. The lowest BCUT2D eigenvalue weighted by molar-refractivity contribution is -0.118. The summed E-state index contributed by atoms with van der Waals surface area (Å²) in [7, 11) is 0. The lowest BCUT2D eigenvalue weighted by Gasteiger charge is -2.07. The van der Waals surface area contributed by atoms with E-state index in [1.165, 1.54) is 0 Å². The van der Waals surface area contributed by atoms with Crippen molar-refractivity contribution in [1.82, 2.24) is 5.32 Å². The topological polar surface area (TPSA) is 93.5 Å². The van der Waals surface area contributed by atoms with Crippen LogP contribution in [-0.2, 0) is 4.79 Å². The molecule has 0 aromatic carbocycles. The van der Waals surface area contributed by atoms with E-state index in [0.29, 0.717) is 25.3 Å². The number of guanidine groups is 1. The Labute approximate surface area is 78.6 Å². The molecule has 0 bridgehead atoms. The molecule has 0 aromatic rings. The smallest absolute Gasteiger partial charge is 0.217 e. The molecule has 5 N–H and O–H groups in total. The van der Waals surface area contributed by atoms with Gasteiger partial charge in [0.05, 0.1) is 0 Å². The molecule has 76 valence electrons. The summed E-state index contributed by atoms with van der Waals surface area (Å²) in [6.45, 7) is 4.49. The zero-order valence-electron chi connectivity index (χ0n) is 8.21. The van der Waals surface area contributed by atoms with Crippen molar-refractivity contribution >= 4 is 11.9 Å². The van der Waals surface area contributed by atoms with Gasteiger partial charge >= 0.3 is 0 Å². The molecule has 0 atom stereocenters. The average Bonchev–Trinajstić information content (AvgIpc) is 1.96. The quantitative estimate of drug-likeness (QED) is 0.309. The average molecular weight is 186 g/mol. The number of hydrogen-bond donors (Lipinski definition) is 3. The molecule has 0 rings (SSSR count). The van der Waals surface area contributed by atoms with Crippen LogP contribution in [0.25, 0.3) is 0 Å². The van der Waals surface area contributed by atoms with Crippen LogP contribution >= 0.6 is 0 Å². The van der Waals surface area contributed by atoms with Crippen LogP contribution in [0.5, 0.6) is 0 Å². The predicted octanol–water partition coefficient (Wildman–Crippen LogP) is -0.435. The third-order valence-corrected chi connectivity index (χ3v) is 1.30. The summed E-state index contributed by atoms with van der Waals surface area (Å²) in [6, 6.07) is 0.278. The van der Waals surface area contributed by atoms with E-state index >= 15 is 0 Å². The molecule has 5 nitrogen and oxygen atoms in total. The van der Waals surface area contributed by atoms with Gasteiger partial charge in [-0.05, 0) is 20.3 Å². The molecule has 5 heteroatoms. The first-order valence-corrected chi connectivity index (χ1v) is 4.37. The van der Waals surface area contributed by atoms with Crippen LogP contribution in [0.3, 0.4) is 0 Å². The number of carbonyl (C=O) groups excluding carboxylic acids is 1. The second kappa shape index (κ2) is 6.28. The molecule has 0 heterocycles. The second-order valence-corrected chi connectivity index (χ2v) is 3.14. The molecule has 13 heavy (non-hydrogen) atoms. The molecular formula is C8H18N4O. The lowest BCUT2D eigenvalue weighted by atomic mass is 10.3. The van der Waals surface area contributed by atoms with Gasteiger partial charge in [0.1, 0.15) is 0 Å².